The van der Waals surface area contributed by atoms with Gasteiger partial charge in [-0.2, -0.15) is 0 Å². The molecule has 10 heteroatoms. The molecule has 7 nitrogen and oxygen atoms in total. The third-order valence-corrected chi connectivity index (χ3v) is 8.47. The second-order valence-electron chi connectivity index (χ2n) is 6.22. The van der Waals surface area contributed by atoms with E-state index in [0.717, 1.165) is 18.2 Å². The Morgan fingerprint density at radius 3 is 2.67 bits per heavy atom. The van der Waals surface area contributed by atoms with Crippen LogP contribution in [-0.4, -0.2) is 44.5 Å². The van der Waals surface area contributed by atoms with Crippen LogP contribution in [0.3, 0.4) is 0 Å². The van der Waals surface area contributed by atoms with Crippen molar-refractivity contribution in [1.82, 2.24) is 10.3 Å². The molecule has 3 rings (SSSR count). The highest BCUT2D eigenvalue weighted by Crippen LogP contribution is 2.26. The van der Waals surface area contributed by atoms with Crippen molar-refractivity contribution in [2.45, 2.75) is 23.1 Å². The van der Waals surface area contributed by atoms with Gasteiger partial charge < -0.3 is 5.32 Å². The molecule has 1 amide bonds. The number of carbonyl (C=O) groups is 1. The molecule has 2 heterocycles. The first-order valence-corrected chi connectivity index (χ1v) is 11.5. The summed E-state index contributed by atoms with van der Waals surface area (Å²) in [6, 6.07) is 8.01. The number of rotatable bonds is 5. The zero-order valence-electron chi connectivity index (χ0n) is 14.1. The zero-order valence-corrected chi connectivity index (χ0v) is 15.8. The molecule has 0 aliphatic carbocycles. The zero-order chi connectivity index (χ0) is 19.7. The van der Waals surface area contributed by atoms with E-state index in [-0.39, 0.29) is 23.6 Å². The van der Waals surface area contributed by atoms with Gasteiger partial charge in [-0.15, -0.1) is 0 Å². The highest BCUT2D eigenvalue weighted by Gasteiger charge is 2.38. The van der Waals surface area contributed by atoms with Crippen LogP contribution in [-0.2, 0) is 26.2 Å². The molecule has 0 bridgehead atoms. The summed E-state index contributed by atoms with van der Waals surface area (Å²) in [6.07, 6.45) is 1.54. The molecular formula is C17H17FN2O5S2. The van der Waals surface area contributed by atoms with E-state index in [9.17, 15) is 26.0 Å². The molecule has 1 aliphatic rings. The molecule has 1 aromatic carbocycles. The fraction of sp³-hybridized carbons (Fsp3) is 0.294. The molecule has 1 saturated heterocycles. The van der Waals surface area contributed by atoms with Crippen LogP contribution in [0.2, 0.25) is 0 Å². The summed E-state index contributed by atoms with van der Waals surface area (Å²) >= 11 is 0. The smallest absolute Gasteiger partial charge is 0.254 e. The summed E-state index contributed by atoms with van der Waals surface area (Å²) in [6.45, 7) is 0.0525. The lowest BCUT2D eigenvalue weighted by atomic mass is 10.2. The van der Waals surface area contributed by atoms with Gasteiger partial charge in [0, 0.05) is 6.20 Å². The average Bonchev–Trinajstić information content (AvgIpc) is 3.01. The number of sulfone groups is 2. The van der Waals surface area contributed by atoms with Gasteiger partial charge >= 0.3 is 0 Å². The van der Waals surface area contributed by atoms with E-state index < -0.39 is 48.0 Å². The number of hydrogen-bond donors (Lipinski definition) is 1. The molecule has 0 unspecified atom stereocenters. The van der Waals surface area contributed by atoms with E-state index in [1.807, 2.05) is 0 Å². The van der Waals surface area contributed by atoms with E-state index in [2.05, 4.69) is 10.3 Å². The molecule has 144 valence electrons. The molecule has 0 saturated carbocycles. The third-order valence-electron chi connectivity index (χ3n) is 4.30. The van der Waals surface area contributed by atoms with Crippen LogP contribution in [0.5, 0.6) is 0 Å². The number of nitrogens with one attached hydrogen (secondary N) is 1. The fourth-order valence-electron chi connectivity index (χ4n) is 2.82. The molecule has 1 atom stereocenters. The Morgan fingerprint density at radius 2 is 2.04 bits per heavy atom. The number of carbonyl (C=O) groups excluding carboxylic acids is 1. The van der Waals surface area contributed by atoms with Gasteiger partial charge in [0.05, 0.1) is 39.5 Å². The van der Waals surface area contributed by atoms with Crippen molar-refractivity contribution in [3.63, 3.8) is 0 Å². The van der Waals surface area contributed by atoms with Crippen LogP contribution >= 0.6 is 0 Å². The van der Waals surface area contributed by atoms with Crippen molar-refractivity contribution in [1.29, 1.82) is 0 Å². The SMILES string of the molecule is O=C(NCc1ccccn1)c1cc(S(=O)(=O)[C@H]2CCS(=O)(=O)C2)ccc1F. The minimum Gasteiger partial charge on any atom is -0.346 e. The highest BCUT2D eigenvalue weighted by molar-refractivity contribution is 7.96. The lowest BCUT2D eigenvalue weighted by molar-refractivity contribution is 0.0946. The van der Waals surface area contributed by atoms with E-state index in [0.29, 0.717) is 5.69 Å². The lowest BCUT2D eigenvalue weighted by Crippen LogP contribution is -2.26. The number of aromatic nitrogens is 1. The van der Waals surface area contributed by atoms with E-state index in [1.54, 1.807) is 24.4 Å². The summed E-state index contributed by atoms with van der Waals surface area (Å²) in [7, 11) is -7.39. The lowest BCUT2D eigenvalue weighted by Gasteiger charge is -2.12. The topological polar surface area (TPSA) is 110 Å². The minimum atomic E-state index is -3.99. The Labute approximate surface area is 156 Å². The van der Waals surface area contributed by atoms with Crippen LogP contribution in [0, 0.1) is 5.82 Å². The Bertz CT molecular complexity index is 1070. The van der Waals surface area contributed by atoms with Gasteiger partial charge in [0.15, 0.2) is 19.7 Å². The molecule has 1 aliphatic heterocycles. The Morgan fingerprint density at radius 1 is 1.26 bits per heavy atom. The van der Waals surface area contributed by atoms with Crippen LogP contribution < -0.4 is 5.32 Å². The predicted molar refractivity (Wildman–Crippen MR) is 96.1 cm³/mol. The summed E-state index contributed by atoms with van der Waals surface area (Å²) in [5.74, 6) is -2.32. The number of halogens is 1. The van der Waals surface area contributed by atoms with Gasteiger partial charge in [-0.1, -0.05) is 6.07 Å². The summed E-state index contributed by atoms with van der Waals surface area (Å²) in [5.41, 5.74) is 0.138. The van der Waals surface area contributed by atoms with Gasteiger partial charge in [-0.25, -0.2) is 21.2 Å². The number of benzene rings is 1. The molecule has 0 radical (unpaired) electrons. The minimum absolute atomic E-state index is 0.0107. The van der Waals surface area contributed by atoms with E-state index >= 15 is 0 Å². The van der Waals surface area contributed by atoms with Crippen molar-refractivity contribution in [3.8, 4) is 0 Å². The third kappa shape index (κ3) is 4.33. The molecule has 2 aromatic rings. The van der Waals surface area contributed by atoms with Gasteiger partial charge in [0.2, 0.25) is 0 Å². The summed E-state index contributed by atoms with van der Waals surface area (Å²) in [5, 5.41) is 1.40. The fourth-order valence-corrected chi connectivity index (χ4v) is 7.21. The number of amides is 1. The Hall–Kier alpha value is -2.33. The Kier molecular flexibility index (Phi) is 5.29. The summed E-state index contributed by atoms with van der Waals surface area (Å²) < 4.78 is 62.5. The molecule has 0 spiro atoms. The first kappa shape index (κ1) is 19.4. The Balaban J connectivity index is 1.82. The average molecular weight is 412 g/mol. The molecule has 1 fully saturated rings. The van der Waals surface area contributed by atoms with E-state index in [1.165, 1.54) is 0 Å². The molecule has 1 aromatic heterocycles. The van der Waals surface area contributed by atoms with Crippen molar-refractivity contribution in [3.05, 3.63) is 59.7 Å². The number of pyridine rings is 1. The van der Waals surface area contributed by atoms with Gasteiger partial charge in [-0.05, 0) is 36.8 Å². The molecule has 1 N–H and O–H groups in total. The second kappa shape index (κ2) is 7.35. The van der Waals surface area contributed by atoms with Crippen LogP contribution in [0.1, 0.15) is 22.5 Å². The first-order chi connectivity index (χ1) is 12.7. The number of nitrogens with zero attached hydrogens (tertiary/aromatic N) is 1. The predicted octanol–water partition coefficient (Wildman–Crippen LogP) is 1.11. The first-order valence-electron chi connectivity index (χ1n) is 8.11. The van der Waals surface area contributed by atoms with Crippen LogP contribution in [0.25, 0.3) is 0 Å². The van der Waals surface area contributed by atoms with Crippen LogP contribution in [0.15, 0.2) is 47.5 Å². The highest BCUT2D eigenvalue weighted by atomic mass is 32.2. The maximum atomic E-state index is 14.1. The van der Waals surface area contributed by atoms with Crippen molar-refractivity contribution in [2.24, 2.45) is 0 Å². The quantitative estimate of drug-likeness (QED) is 0.737. The standard InChI is InChI=1S/C17H17FN2O5S2/c18-16-5-4-13(27(24,25)14-6-8-26(22,23)11-14)9-15(16)17(21)20-10-12-3-1-2-7-19-12/h1-5,7,9,14H,6,8,10-11H2,(H,20,21)/t14-/m0/s1. The van der Waals surface area contributed by atoms with Crippen LogP contribution in [0.4, 0.5) is 4.39 Å². The molecular weight excluding hydrogens is 395 g/mol. The maximum absolute atomic E-state index is 14.1. The van der Waals surface area contributed by atoms with Crippen molar-refractivity contribution < 1.29 is 26.0 Å². The van der Waals surface area contributed by atoms with Crippen molar-refractivity contribution in [2.75, 3.05) is 11.5 Å². The normalized spacial score (nSPS) is 18.9. The molecule has 27 heavy (non-hydrogen) atoms. The second-order valence-corrected chi connectivity index (χ2v) is 10.7. The van der Waals surface area contributed by atoms with E-state index in [4.69, 9.17) is 0 Å². The maximum Gasteiger partial charge on any atom is 0.254 e. The van der Waals surface area contributed by atoms with Gasteiger partial charge in [0.1, 0.15) is 5.82 Å². The summed E-state index contributed by atoms with van der Waals surface area (Å²) in [4.78, 5) is 16.0. The van der Waals surface area contributed by atoms with Gasteiger partial charge in [0.25, 0.3) is 5.91 Å². The van der Waals surface area contributed by atoms with Crippen molar-refractivity contribution >= 4 is 25.6 Å². The number of hydrogen-bond acceptors (Lipinski definition) is 6. The van der Waals surface area contributed by atoms with Gasteiger partial charge in [-0.3, -0.25) is 9.78 Å². The monoisotopic (exact) mass is 412 g/mol. The largest absolute Gasteiger partial charge is 0.346 e.